The highest BCUT2D eigenvalue weighted by Gasteiger charge is 2.63. The second kappa shape index (κ2) is 6.90. The van der Waals surface area contributed by atoms with Gasteiger partial charge in [0.05, 0.1) is 0 Å². The van der Waals surface area contributed by atoms with Gasteiger partial charge in [0.25, 0.3) is 0 Å². The topological polar surface area (TPSA) is 20.2 Å². The number of rotatable bonds is 1. The summed E-state index contributed by atoms with van der Waals surface area (Å²) in [6.45, 7) is 2.27. The maximum Gasteiger partial charge on any atom is 0.132 e. The van der Waals surface area contributed by atoms with Gasteiger partial charge in [-0.1, -0.05) is 46.1 Å². The average molecular weight is 423 g/mol. The average Bonchev–Trinajstić information content (AvgIpc) is 3.24. The van der Waals surface area contributed by atoms with Gasteiger partial charge in [-0.15, -0.1) is 0 Å². The molecule has 3 saturated carbocycles. The minimum atomic E-state index is -0.858. The van der Waals surface area contributed by atoms with E-state index in [0.717, 1.165) is 43.4 Å². The first-order valence-corrected chi connectivity index (χ1v) is 13.6. The molecule has 4 heteroatoms. The fraction of sp³-hybridized carbons (Fsp3) is 0.826. The van der Waals surface area contributed by atoms with Crippen molar-refractivity contribution in [2.24, 2.45) is 29.1 Å². The first kappa shape index (κ1) is 19.2. The summed E-state index contributed by atoms with van der Waals surface area (Å²) in [7, 11) is 4.24. The number of hydrogen-bond acceptors (Lipinski definition) is 3. The molecule has 7 atom stereocenters. The number of aliphatic hydroxyl groups is 1. The normalized spacial score (nSPS) is 51.0. The van der Waals surface area contributed by atoms with E-state index in [1.165, 1.54) is 44.3 Å². The van der Waals surface area contributed by atoms with Crippen LogP contribution in [-0.4, -0.2) is 21.2 Å². The SMILES string of the molecule is CC[C@]12CC[C@H]3[C@@H](CCC4=CC5(CCSS5)CC[C@@H]43)[C@@H]1CC[C@@]2(O)C#CCl. The van der Waals surface area contributed by atoms with Crippen LogP contribution in [0, 0.1) is 40.4 Å². The molecule has 0 aromatic heterocycles. The van der Waals surface area contributed by atoms with Crippen LogP contribution in [0.2, 0.25) is 0 Å². The van der Waals surface area contributed by atoms with Gasteiger partial charge in [-0.3, -0.25) is 0 Å². The predicted molar refractivity (Wildman–Crippen MR) is 118 cm³/mol. The Labute approximate surface area is 177 Å². The molecule has 5 aliphatic rings. The molecule has 4 aliphatic carbocycles. The zero-order chi connectivity index (χ0) is 18.7. The van der Waals surface area contributed by atoms with Gasteiger partial charge in [0.15, 0.2) is 0 Å². The molecule has 1 unspecified atom stereocenters. The molecule has 1 aliphatic heterocycles. The third-order valence-electron chi connectivity index (χ3n) is 9.15. The summed E-state index contributed by atoms with van der Waals surface area (Å²) in [5.74, 6) is 7.46. The predicted octanol–water partition coefficient (Wildman–Crippen LogP) is 6.40. The number of allylic oxidation sites excluding steroid dienone is 1. The zero-order valence-corrected chi connectivity index (χ0v) is 18.7. The minimum absolute atomic E-state index is 0.0227. The van der Waals surface area contributed by atoms with Crippen molar-refractivity contribution in [2.75, 3.05) is 5.75 Å². The quantitative estimate of drug-likeness (QED) is 0.299. The summed E-state index contributed by atoms with van der Waals surface area (Å²) in [5, 5.41) is 14.0. The second-order valence-electron chi connectivity index (χ2n) is 9.72. The Morgan fingerprint density at radius 3 is 2.78 bits per heavy atom. The van der Waals surface area contributed by atoms with E-state index in [1.807, 2.05) is 0 Å². The van der Waals surface area contributed by atoms with E-state index in [1.54, 1.807) is 5.57 Å². The highest BCUT2D eigenvalue weighted by molar-refractivity contribution is 8.77. The number of hydrogen-bond donors (Lipinski definition) is 1. The van der Waals surface area contributed by atoms with Crippen LogP contribution in [0.25, 0.3) is 0 Å². The van der Waals surface area contributed by atoms with Crippen LogP contribution in [0.5, 0.6) is 0 Å². The lowest BCUT2D eigenvalue weighted by Crippen LogP contribution is -2.53. The van der Waals surface area contributed by atoms with E-state index in [2.05, 4.69) is 45.9 Å². The molecule has 1 N–H and O–H groups in total. The molecule has 27 heavy (non-hydrogen) atoms. The van der Waals surface area contributed by atoms with E-state index in [0.29, 0.717) is 10.7 Å². The van der Waals surface area contributed by atoms with E-state index < -0.39 is 5.60 Å². The van der Waals surface area contributed by atoms with E-state index in [-0.39, 0.29) is 5.41 Å². The third kappa shape index (κ3) is 2.73. The summed E-state index contributed by atoms with van der Waals surface area (Å²) >= 11 is 5.78. The van der Waals surface area contributed by atoms with Gasteiger partial charge in [-0.05, 0) is 99.5 Å². The first-order valence-electron chi connectivity index (χ1n) is 10.9. The van der Waals surface area contributed by atoms with E-state index >= 15 is 0 Å². The van der Waals surface area contributed by atoms with Gasteiger partial charge in [-0.25, -0.2) is 0 Å². The van der Waals surface area contributed by atoms with Crippen molar-refractivity contribution in [3.8, 4) is 11.3 Å². The van der Waals surface area contributed by atoms with Crippen LogP contribution in [0.4, 0.5) is 0 Å². The summed E-state index contributed by atoms with van der Waals surface area (Å²) in [5.41, 5.74) is 0.921. The Bertz CT molecular complexity index is 703. The van der Waals surface area contributed by atoms with Crippen LogP contribution in [0.1, 0.15) is 71.1 Å². The Hall–Kier alpha value is 0.250. The molecule has 1 spiro atoms. The van der Waals surface area contributed by atoms with Crippen LogP contribution in [0.3, 0.4) is 0 Å². The second-order valence-corrected chi connectivity index (χ2v) is 12.7. The molecular formula is C23H31ClOS2. The Kier molecular flexibility index (Phi) is 4.91. The van der Waals surface area contributed by atoms with Gasteiger partial charge in [-0.2, -0.15) is 0 Å². The van der Waals surface area contributed by atoms with E-state index in [9.17, 15) is 5.11 Å². The van der Waals surface area contributed by atoms with Crippen molar-refractivity contribution >= 4 is 33.2 Å². The highest BCUT2D eigenvalue weighted by Crippen LogP contribution is 2.67. The lowest BCUT2D eigenvalue weighted by molar-refractivity contribution is -0.0996. The smallest absolute Gasteiger partial charge is 0.132 e. The summed E-state index contributed by atoms with van der Waals surface area (Å²) in [4.78, 5) is 0. The fourth-order valence-electron chi connectivity index (χ4n) is 7.92. The molecule has 5 rings (SSSR count). The molecule has 0 aromatic carbocycles. The standard InChI is InChI=1S/C23H31ClOS2/c1-2-22-9-6-18-17-5-8-21(12-14-26-27-21)15-16(17)3-4-19(18)20(22)7-10-23(22,25)11-13-24/h15,17-20,25H,2-10,12,14H2,1H3/t17-,18+,19+,20-,21?,22-,23+/m0/s1. The van der Waals surface area contributed by atoms with Crippen molar-refractivity contribution in [3.63, 3.8) is 0 Å². The maximum atomic E-state index is 11.4. The molecule has 0 bridgehead atoms. The largest absolute Gasteiger partial charge is 0.377 e. The number of fused-ring (bicyclic) bond motifs is 5. The molecule has 4 fully saturated rings. The lowest BCUT2D eigenvalue weighted by Gasteiger charge is -2.56. The van der Waals surface area contributed by atoms with Gasteiger partial charge >= 0.3 is 0 Å². The monoisotopic (exact) mass is 422 g/mol. The fourth-order valence-corrected chi connectivity index (χ4v) is 11.4. The van der Waals surface area contributed by atoms with Gasteiger partial charge in [0.1, 0.15) is 5.60 Å². The molecule has 1 saturated heterocycles. The summed E-state index contributed by atoms with van der Waals surface area (Å²) in [6, 6.07) is 0. The highest BCUT2D eigenvalue weighted by atomic mass is 35.5. The Morgan fingerprint density at radius 1 is 1.15 bits per heavy atom. The molecule has 0 amide bonds. The molecule has 0 radical (unpaired) electrons. The van der Waals surface area contributed by atoms with Crippen molar-refractivity contribution in [1.29, 1.82) is 0 Å². The zero-order valence-electron chi connectivity index (χ0n) is 16.3. The van der Waals surface area contributed by atoms with Gasteiger partial charge in [0.2, 0.25) is 0 Å². The minimum Gasteiger partial charge on any atom is -0.377 e. The van der Waals surface area contributed by atoms with Crippen molar-refractivity contribution in [1.82, 2.24) is 0 Å². The van der Waals surface area contributed by atoms with Crippen LogP contribution >= 0.6 is 33.2 Å². The first-order chi connectivity index (χ1) is 13.1. The van der Waals surface area contributed by atoms with Crippen molar-refractivity contribution in [3.05, 3.63) is 11.6 Å². The van der Waals surface area contributed by atoms with Gasteiger partial charge < -0.3 is 5.11 Å². The van der Waals surface area contributed by atoms with Crippen LogP contribution < -0.4 is 0 Å². The lowest BCUT2D eigenvalue weighted by atomic mass is 9.49. The molecular weight excluding hydrogens is 392 g/mol. The van der Waals surface area contributed by atoms with Crippen molar-refractivity contribution < 1.29 is 5.11 Å². The summed E-state index contributed by atoms with van der Waals surface area (Å²) < 4.78 is 0.467. The van der Waals surface area contributed by atoms with Gasteiger partial charge in [0, 0.05) is 21.3 Å². The Balaban J connectivity index is 1.44. The summed E-state index contributed by atoms with van der Waals surface area (Å²) in [6.07, 6.45) is 14.9. The number of halogens is 1. The van der Waals surface area contributed by atoms with Crippen LogP contribution in [-0.2, 0) is 0 Å². The molecule has 148 valence electrons. The molecule has 1 nitrogen and oxygen atoms in total. The van der Waals surface area contributed by atoms with Crippen LogP contribution in [0.15, 0.2) is 11.6 Å². The molecule has 0 aromatic rings. The Morgan fingerprint density at radius 2 is 2.04 bits per heavy atom. The third-order valence-corrected chi connectivity index (χ3v) is 12.4. The molecule has 1 heterocycles. The van der Waals surface area contributed by atoms with E-state index in [4.69, 9.17) is 11.6 Å². The maximum absolute atomic E-state index is 11.4. The van der Waals surface area contributed by atoms with Crippen molar-refractivity contribution in [2.45, 2.75) is 81.5 Å².